The third kappa shape index (κ3) is 2.09. The molecule has 25 heavy (non-hydrogen) atoms. The van der Waals surface area contributed by atoms with Gasteiger partial charge < -0.3 is 9.73 Å². The SMILES string of the molecule is O=c1oc2ccccc2c2c1C(c1ccccc1)c1ccccc1N2. The zero-order valence-electron chi connectivity index (χ0n) is 13.4. The maximum Gasteiger partial charge on any atom is 0.342 e. The van der Waals surface area contributed by atoms with Gasteiger partial charge >= 0.3 is 5.63 Å². The monoisotopic (exact) mass is 325 g/mol. The van der Waals surface area contributed by atoms with Crippen LogP contribution in [-0.2, 0) is 0 Å². The summed E-state index contributed by atoms with van der Waals surface area (Å²) in [5.41, 5.74) is 5.03. The van der Waals surface area contributed by atoms with Crippen molar-refractivity contribution >= 4 is 22.3 Å². The number of anilines is 2. The van der Waals surface area contributed by atoms with Gasteiger partial charge in [0.15, 0.2) is 0 Å². The first-order valence-electron chi connectivity index (χ1n) is 8.29. The van der Waals surface area contributed by atoms with Crippen molar-refractivity contribution in [2.75, 3.05) is 5.32 Å². The topological polar surface area (TPSA) is 42.2 Å². The largest absolute Gasteiger partial charge is 0.422 e. The van der Waals surface area contributed by atoms with Gasteiger partial charge in [0.1, 0.15) is 5.58 Å². The smallest absolute Gasteiger partial charge is 0.342 e. The summed E-state index contributed by atoms with van der Waals surface area (Å²) in [6, 6.07) is 25.9. The van der Waals surface area contributed by atoms with E-state index in [0.717, 1.165) is 27.9 Å². The number of nitrogens with one attached hydrogen (secondary N) is 1. The molecular formula is C22H15NO2. The molecule has 4 aromatic rings. The van der Waals surface area contributed by atoms with Gasteiger partial charge in [0.2, 0.25) is 0 Å². The van der Waals surface area contributed by atoms with E-state index in [4.69, 9.17) is 4.42 Å². The summed E-state index contributed by atoms with van der Waals surface area (Å²) in [6.45, 7) is 0. The molecule has 0 amide bonds. The Morgan fingerprint density at radius 1 is 0.800 bits per heavy atom. The Balaban J connectivity index is 1.90. The summed E-state index contributed by atoms with van der Waals surface area (Å²) in [4.78, 5) is 12.9. The lowest BCUT2D eigenvalue weighted by Gasteiger charge is -2.29. The molecule has 0 saturated heterocycles. The molecule has 3 nitrogen and oxygen atoms in total. The Labute approximate surface area is 144 Å². The van der Waals surface area contributed by atoms with E-state index in [2.05, 4.69) is 29.6 Å². The summed E-state index contributed by atoms with van der Waals surface area (Å²) >= 11 is 0. The van der Waals surface area contributed by atoms with E-state index in [1.54, 1.807) is 0 Å². The predicted octanol–water partition coefficient (Wildman–Crippen LogP) is 5.03. The fourth-order valence-electron chi connectivity index (χ4n) is 3.71. The molecular weight excluding hydrogens is 310 g/mol. The van der Waals surface area contributed by atoms with Crippen molar-refractivity contribution in [2.45, 2.75) is 5.92 Å². The highest BCUT2D eigenvalue weighted by molar-refractivity contribution is 5.96. The average molecular weight is 325 g/mol. The van der Waals surface area contributed by atoms with E-state index in [1.807, 2.05) is 54.6 Å². The van der Waals surface area contributed by atoms with Crippen LogP contribution in [-0.4, -0.2) is 0 Å². The van der Waals surface area contributed by atoms with E-state index < -0.39 is 0 Å². The standard InChI is InChI=1S/C22H15NO2/c24-22-20-19(14-8-2-1-3-9-14)15-10-4-6-12-17(15)23-21(20)16-11-5-7-13-18(16)25-22/h1-13,19,23H. The third-order valence-electron chi connectivity index (χ3n) is 4.80. The lowest BCUT2D eigenvalue weighted by atomic mass is 9.81. The van der Waals surface area contributed by atoms with Gasteiger partial charge in [-0.25, -0.2) is 4.79 Å². The maximum atomic E-state index is 12.9. The summed E-state index contributed by atoms with van der Waals surface area (Å²) < 4.78 is 5.63. The molecule has 3 heteroatoms. The van der Waals surface area contributed by atoms with Crippen LogP contribution in [0, 0.1) is 0 Å². The molecule has 1 unspecified atom stereocenters. The normalized spacial score (nSPS) is 15.3. The molecule has 2 heterocycles. The molecule has 1 aliphatic rings. The molecule has 1 N–H and O–H groups in total. The maximum absolute atomic E-state index is 12.9. The highest BCUT2D eigenvalue weighted by atomic mass is 16.4. The Kier molecular flexibility index (Phi) is 3.01. The van der Waals surface area contributed by atoms with E-state index in [1.165, 1.54) is 0 Å². The molecule has 0 radical (unpaired) electrons. The van der Waals surface area contributed by atoms with E-state index in [9.17, 15) is 4.79 Å². The first-order chi connectivity index (χ1) is 12.3. The number of rotatable bonds is 1. The van der Waals surface area contributed by atoms with E-state index in [-0.39, 0.29) is 11.5 Å². The van der Waals surface area contributed by atoms with Crippen molar-refractivity contribution in [3.63, 3.8) is 0 Å². The molecule has 5 rings (SSSR count). The Morgan fingerprint density at radius 2 is 1.52 bits per heavy atom. The fourth-order valence-corrected chi connectivity index (χ4v) is 3.71. The number of fused-ring (bicyclic) bond motifs is 4. The van der Waals surface area contributed by atoms with E-state index in [0.29, 0.717) is 11.1 Å². The first-order valence-corrected chi connectivity index (χ1v) is 8.29. The molecule has 0 saturated carbocycles. The second-order valence-electron chi connectivity index (χ2n) is 6.23. The van der Waals surface area contributed by atoms with Crippen molar-refractivity contribution in [2.24, 2.45) is 0 Å². The van der Waals surface area contributed by atoms with Gasteiger partial charge in [0, 0.05) is 17.0 Å². The quantitative estimate of drug-likeness (QED) is 0.440. The van der Waals surface area contributed by atoms with Crippen LogP contribution in [0.4, 0.5) is 11.4 Å². The van der Waals surface area contributed by atoms with Crippen LogP contribution in [0.5, 0.6) is 0 Å². The van der Waals surface area contributed by atoms with E-state index >= 15 is 0 Å². The predicted molar refractivity (Wildman–Crippen MR) is 99.6 cm³/mol. The van der Waals surface area contributed by atoms with Crippen molar-refractivity contribution in [3.05, 3.63) is 106 Å². The molecule has 0 bridgehead atoms. The number of hydrogen-bond donors (Lipinski definition) is 1. The Hall–Kier alpha value is -3.33. The highest BCUT2D eigenvalue weighted by Gasteiger charge is 2.31. The van der Waals surface area contributed by atoms with Gasteiger partial charge in [0.05, 0.1) is 11.3 Å². The summed E-state index contributed by atoms with van der Waals surface area (Å²) in [7, 11) is 0. The minimum absolute atomic E-state index is 0.144. The minimum Gasteiger partial charge on any atom is -0.422 e. The van der Waals surface area contributed by atoms with Gasteiger partial charge in [-0.05, 0) is 29.3 Å². The van der Waals surface area contributed by atoms with Crippen molar-refractivity contribution in [1.82, 2.24) is 0 Å². The van der Waals surface area contributed by atoms with Crippen molar-refractivity contribution < 1.29 is 4.42 Å². The van der Waals surface area contributed by atoms with Crippen LogP contribution < -0.4 is 10.9 Å². The number of benzene rings is 3. The van der Waals surface area contributed by atoms with Crippen LogP contribution in [0.3, 0.4) is 0 Å². The lowest BCUT2D eigenvalue weighted by Crippen LogP contribution is -2.22. The summed E-state index contributed by atoms with van der Waals surface area (Å²) in [5, 5.41) is 4.39. The van der Waals surface area contributed by atoms with Crippen molar-refractivity contribution in [3.8, 4) is 0 Å². The second-order valence-corrected chi connectivity index (χ2v) is 6.23. The number of hydrogen-bond acceptors (Lipinski definition) is 3. The van der Waals surface area contributed by atoms with Crippen LogP contribution in [0.25, 0.3) is 11.0 Å². The lowest BCUT2D eigenvalue weighted by molar-refractivity contribution is 0.549. The molecule has 3 aromatic carbocycles. The minimum atomic E-state index is -0.287. The Morgan fingerprint density at radius 3 is 2.40 bits per heavy atom. The summed E-state index contributed by atoms with van der Waals surface area (Å²) in [6.07, 6.45) is 0. The van der Waals surface area contributed by atoms with Gasteiger partial charge in [-0.15, -0.1) is 0 Å². The molecule has 0 spiro atoms. The molecule has 1 aliphatic heterocycles. The van der Waals surface area contributed by atoms with Crippen molar-refractivity contribution in [1.29, 1.82) is 0 Å². The average Bonchev–Trinajstić information content (AvgIpc) is 2.67. The molecule has 0 aliphatic carbocycles. The van der Waals surface area contributed by atoms with Crippen LogP contribution in [0.1, 0.15) is 22.6 Å². The van der Waals surface area contributed by atoms with Gasteiger partial charge in [-0.1, -0.05) is 60.7 Å². The van der Waals surface area contributed by atoms with Crippen LogP contribution in [0.2, 0.25) is 0 Å². The first kappa shape index (κ1) is 14.1. The molecule has 0 fully saturated rings. The molecule has 1 aromatic heterocycles. The summed E-state index contributed by atoms with van der Waals surface area (Å²) in [5.74, 6) is -0.144. The number of para-hydroxylation sites is 2. The zero-order chi connectivity index (χ0) is 16.8. The highest BCUT2D eigenvalue weighted by Crippen LogP contribution is 2.45. The zero-order valence-corrected chi connectivity index (χ0v) is 13.4. The van der Waals surface area contributed by atoms with Gasteiger partial charge in [-0.3, -0.25) is 0 Å². The fraction of sp³-hybridized carbons (Fsp3) is 0.0455. The second kappa shape index (κ2) is 5.35. The molecule has 120 valence electrons. The van der Waals surface area contributed by atoms with Gasteiger partial charge in [0.25, 0.3) is 0 Å². The van der Waals surface area contributed by atoms with Gasteiger partial charge in [-0.2, -0.15) is 0 Å². The molecule has 1 atom stereocenters. The third-order valence-corrected chi connectivity index (χ3v) is 4.80. The van der Waals surface area contributed by atoms with Crippen LogP contribution >= 0.6 is 0 Å². The Bertz CT molecular complexity index is 1150. The van der Waals surface area contributed by atoms with Crippen LogP contribution in [0.15, 0.2) is 88.1 Å².